The van der Waals surface area contributed by atoms with Gasteiger partial charge in [0.15, 0.2) is 22.8 Å². The number of morpholine rings is 1. The smallest absolute Gasteiger partial charge is 0.337 e. The van der Waals surface area contributed by atoms with E-state index in [0.717, 1.165) is 22.7 Å². The number of aryl methyl sites for hydroxylation is 1. The third-order valence-corrected chi connectivity index (χ3v) is 6.09. The van der Waals surface area contributed by atoms with Crippen LogP contribution in [0, 0.1) is 0 Å². The van der Waals surface area contributed by atoms with Crippen LogP contribution in [0.15, 0.2) is 42.7 Å². The number of ether oxygens (including phenoxy) is 2. The minimum atomic E-state index is -0.454. The standard InChI is InChI=1S/C24H23ClN6O3/c1-3-31-21(15-6-8-26-9-7-15)27-19-22(30-10-12-34-13-11-30)28-20(29-23(19)31)17-5-4-16(14-18(17)25)24(32)33-2/h4-9,14H,3,10-13H2,1-2H3. The number of imidazole rings is 1. The summed E-state index contributed by atoms with van der Waals surface area (Å²) in [6.07, 6.45) is 3.49. The molecule has 1 aliphatic heterocycles. The molecule has 1 saturated heterocycles. The molecule has 10 heteroatoms. The molecule has 4 aromatic rings. The number of fused-ring (bicyclic) bond motifs is 1. The summed E-state index contributed by atoms with van der Waals surface area (Å²) in [6, 6.07) is 8.84. The first-order chi connectivity index (χ1) is 16.6. The second kappa shape index (κ2) is 9.36. The van der Waals surface area contributed by atoms with E-state index in [1.54, 1.807) is 30.6 Å². The number of anilines is 1. The Kier molecular flexibility index (Phi) is 6.12. The fourth-order valence-corrected chi connectivity index (χ4v) is 4.33. The van der Waals surface area contributed by atoms with E-state index in [4.69, 9.17) is 36.0 Å². The lowest BCUT2D eigenvalue weighted by Gasteiger charge is -2.28. The van der Waals surface area contributed by atoms with E-state index < -0.39 is 5.97 Å². The van der Waals surface area contributed by atoms with Gasteiger partial charge < -0.3 is 18.9 Å². The SMILES string of the molecule is CCn1c(-c2ccncc2)nc2c(N3CCOCC3)nc(-c3ccc(C(=O)OC)cc3Cl)nc21. The lowest BCUT2D eigenvalue weighted by Crippen LogP contribution is -2.37. The largest absolute Gasteiger partial charge is 0.465 e. The average Bonchev–Trinajstić information content (AvgIpc) is 3.27. The number of aromatic nitrogens is 5. The summed E-state index contributed by atoms with van der Waals surface area (Å²) in [5.41, 5.74) is 3.38. The fourth-order valence-electron chi connectivity index (χ4n) is 4.06. The van der Waals surface area contributed by atoms with Crippen molar-refractivity contribution in [3.05, 3.63) is 53.3 Å². The summed E-state index contributed by atoms with van der Waals surface area (Å²) in [6.45, 7) is 5.35. The van der Waals surface area contributed by atoms with Crippen LogP contribution in [0.3, 0.4) is 0 Å². The Morgan fingerprint density at radius 2 is 1.88 bits per heavy atom. The molecular formula is C24H23ClN6O3. The average molecular weight is 479 g/mol. The number of esters is 1. The number of halogens is 1. The van der Waals surface area contributed by atoms with E-state index in [1.807, 2.05) is 12.1 Å². The Balaban J connectivity index is 1.73. The summed E-state index contributed by atoms with van der Waals surface area (Å²) in [5, 5.41) is 0.368. The maximum absolute atomic E-state index is 11.9. The van der Waals surface area contributed by atoms with Gasteiger partial charge in [0.25, 0.3) is 0 Å². The predicted molar refractivity (Wildman–Crippen MR) is 129 cm³/mol. The number of carbonyl (C=O) groups excluding carboxylic acids is 1. The zero-order valence-electron chi connectivity index (χ0n) is 18.9. The second-order valence-corrected chi connectivity index (χ2v) is 8.15. The molecule has 0 aliphatic carbocycles. The van der Waals surface area contributed by atoms with Gasteiger partial charge in [0.1, 0.15) is 5.82 Å². The molecule has 0 saturated carbocycles. The molecule has 0 spiro atoms. The van der Waals surface area contributed by atoms with E-state index in [1.165, 1.54) is 7.11 Å². The topological polar surface area (TPSA) is 95.3 Å². The van der Waals surface area contributed by atoms with Gasteiger partial charge in [0.05, 0.1) is 30.9 Å². The zero-order chi connectivity index (χ0) is 23.7. The lowest BCUT2D eigenvalue weighted by molar-refractivity contribution is 0.0600. The summed E-state index contributed by atoms with van der Waals surface area (Å²) in [5.74, 6) is 1.54. The van der Waals surface area contributed by atoms with E-state index in [9.17, 15) is 4.79 Å². The van der Waals surface area contributed by atoms with Crippen molar-refractivity contribution in [2.24, 2.45) is 0 Å². The quantitative estimate of drug-likeness (QED) is 0.399. The highest BCUT2D eigenvalue weighted by atomic mass is 35.5. The van der Waals surface area contributed by atoms with Crippen LogP contribution in [-0.4, -0.2) is 63.9 Å². The molecule has 174 valence electrons. The number of carbonyl (C=O) groups is 1. The Hall–Kier alpha value is -3.56. The highest BCUT2D eigenvalue weighted by Gasteiger charge is 2.24. The number of benzene rings is 1. The van der Waals surface area contributed by atoms with E-state index >= 15 is 0 Å². The first-order valence-corrected chi connectivity index (χ1v) is 11.4. The van der Waals surface area contributed by atoms with Gasteiger partial charge in [0.2, 0.25) is 0 Å². The Morgan fingerprint density at radius 1 is 1.12 bits per heavy atom. The van der Waals surface area contributed by atoms with E-state index in [-0.39, 0.29) is 0 Å². The molecule has 0 atom stereocenters. The molecule has 0 unspecified atom stereocenters. The minimum Gasteiger partial charge on any atom is -0.465 e. The third kappa shape index (κ3) is 3.97. The van der Waals surface area contributed by atoms with Crippen LogP contribution in [0.5, 0.6) is 0 Å². The minimum absolute atomic E-state index is 0.365. The van der Waals surface area contributed by atoms with Crippen LogP contribution >= 0.6 is 11.6 Å². The Labute approximate surface area is 201 Å². The van der Waals surface area contributed by atoms with Crippen molar-refractivity contribution >= 4 is 34.6 Å². The van der Waals surface area contributed by atoms with Gasteiger partial charge in [-0.25, -0.2) is 19.7 Å². The number of rotatable bonds is 5. The van der Waals surface area contributed by atoms with Crippen LogP contribution in [0.4, 0.5) is 5.82 Å². The molecule has 5 rings (SSSR count). The maximum Gasteiger partial charge on any atom is 0.337 e. The number of nitrogens with zero attached hydrogens (tertiary/aromatic N) is 6. The molecule has 0 N–H and O–H groups in total. The summed E-state index contributed by atoms with van der Waals surface area (Å²) < 4.78 is 12.4. The number of methoxy groups -OCH3 is 1. The van der Waals surface area contributed by atoms with Gasteiger partial charge in [-0.3, -0.25) is 4.98 Å². The normalized spacial score (nSPS) is 13.9. The molecule has 0 bridgehead atoms. The maximum atomic E-state index is 11.9. The highest BCUT2D eigenvalue weighted by Crippen LogP contribution is 2.34. The number of pyridine rings is 1. The van der Waals surface area contributed by atoms with Crippen molar-refractivity contribution in [3.8, 4) is 22.8 Å². The highest BCUT2D eigenvalue weighted by molar-refractivity contribution is 6.33. The molecule has 34 heavy (non-hydrogen) atoms. The molecule has 0 amide bonds. The van der Waals surface area contributed by atoms with Crippen LogP contribution in [0.2, 0.25) is 5.02 Å². The second-order valence-electron chi connectivity index (χ2n) is 7.74. The van der Waals surface area contributed by atoms with Crippen LogP contribution < -0.4 is 4.90 Å². The predicted octanol–water partition coefficient (Wildman–Crippen LogP) is 3.85. The van der Waals surface area contributed by atoms with Crippen LogP contribution in [-0.2, 0) is 16.0 Å². The van der Waals surface area contributed by atoms with Crippen molar-refractivity contribution in [2.75, 3.05) is 38.3 Å². The molecule has 1 aliphatic rings. The van der Waals surface area contributed by atoms with Gasteiger partial charge in [0, 0.05) is 43.2 Å². The van der Waals surface area contributed by atoms with Crippen molar-refractivity contribution in [1.29, 1.82) is 0 Å². The van der Waals surface area contributed by atoms with Crippen LogP contribution in [0.1, 0.15) is 17.3 Å². The van der Waals surface area contributed by atoms with E-state index in [0.29, 0.717) is 60.5 Å². The molecule has 4 heterocycles. The Morgan fingerprint density at radius 3 is 2.56 bits per heavy atom. The van der Waals surface area contributed by atoms with Gasteiger partial charge in [-0.15, -0.1) is 0 Å². The van der Waals surface area contributed by atoms with Crippen molar-refractivity contribution in [2.45, 2.75) is 13.5 Å². The molecule has 0 radical (unpaired) electrons. The first-order valence-electron chi connectivity index (χ1n) is 11.0. The fraction of sp³-hybridized carbons (Fsp3) is 0.292. The van der Waals surface area contributed by atoms with Gasteiger partial charge in [-0.2, -0.15) is 0 Å². The molecule has 3 aromatic heterocycles. The molecule has 1 aromatic carbocycles. The molecule has 9 nitrogen and oxygen atoms in total. The first kappa shape index (κ1) is 22.2. The zero-order valence-corrected chi connectivity index (χ0v) is 19.6. The third-order valence-electron chi connectivity index (χ3n) is 5.77. The van der Waals surface area contributed by atoms with Gasteiger partial charge >= 0.3 is 5.97 Å². The van der Waals surface area contributed by atoms with Crippen molar-refractivity contribution in [1.82, 2.24) is 24.5 Å². The summed E-state index contributed by atoms with van der Waals surface area (Å²) >= 11 is 6.58. The number of hydrogen-bond acceptors (Lipinski definition) is 8. The van der Waals surface area contributed by atoms with Crippen molar-refractivity contribution in [3.63, 3.8) is 0 Å². The Bertz CT molecular complexity index is 1350. The monoisotopic (exact) mass is 478 g/mol. The van der Waals surface area contributed by atoms with Crippen LogP contribution in [0.25, 0.3) is 33.9 Å². The van der Waals surface area contributed by atoms with Gasteiger partial charge in [-0.05, 0) is 37.3 Å². The van der Waals surface area contributed by atoms with Crippen molar-refractivity contribution < 1.29 is 14.3 Å². The summed E-state index contributed by atoms with van der Waals surface area (Å²) in [7, 11) is 1.34. The molecule has 1 fully saturated rings. The van der Waals surface area contributed by atoms with Gasteiger partial charge in [-0.1, -0.05) is 11.6 Å². The number of hydrogen-bond donors (Lipinski definition) is 0. The lowest BCUT2D eigenvalue weighted by atomic mass is 10.1. The molecular weight excluding hydrogens is 456 g/mol. The summed E-state index contributed by atoms with van der Waals surface area (Å²) in [4.78, 5) is 33.0. The van der Waals surface area contributed by atoms with E-state index in [2.05, 4.69) is 21.4 Å².